The van der Waals surface area contributed by atoms with Gasteiger partial charge in [0.05, 0.1) is 5.41 Å². The minimum atomic E-state index is -1.18. The molecule has 196 valence electrons. The van der Waals surface area contributed by atoms with Crippen molar-refractivity contribution in [3.05, 3.63) is 52.6 Å². The lowest BCUT2D eigenvalue weighted by Gasteiger charge is -2.55. The van der Waals surface area contributed by atoms with Gasteiger partial charge in [-0.1, -0.05) is 36.5 Å². The number of ether oxygens (including phenoxy) is 1. The Labute approximate surface area is 218 Å². The Hall–Kier alpha value is -2.75. The topological polar surface area (TPSA) is 75.6 Å². The van der Waals surface area contributed by atoms with Crippen molar-refractivity contribution in [3.8, 4) is 11.8 Å². The van der Waals surface area contributed by atoms with Crippen LogP contribution >= 0.6 is 0 Å². The van der Waals surface area contributed by atoms with Crippen molar-refractivity contribution in [2.75, 3.05) is 32.7 Å². The van der Waals surface area contributed by atoms with E-state index < -0.39 is 17.0 Å². The van der Waals surface area contributed by atoms with Crippen LogP contribution in [-0.2, 0) is 14.3 Å². The number of rotatable bonds is 5. The summed E-state index contributed by atoms with van der Waals surface area (Å²) < 4.78 is 21.0. The molecular formula is C31H36FNO4. The third-order valence-electron chi connectivity index (χ3n) is 9.68. The molecule has 1 unspecified atom stereocenters. The monoisotopic (exact) mass is 505 g/mol. The molecule has 0 bridgehead atoms. The van der Waals surface area contributed by atoms with E-state index in [0.717, 1.165) is 23.2 Å². The molecule has 2 fully saturated rings. The minimum absolute atomic E-state index is 0.000319. The van der Waals surface area contributed by atoms with Gasteiger partial charge in [0, 0.05) is 32.2 Å². The number of anilines is 1. The lowest BCUT2D eigenvalue weighted by molar-refractivity contribution is -0.136. The second-order valence-electron chi connectivity index (χ2n) is 11.2. The molecule has 4 aliphatic carbocycles. The van der Waals surface area contributed by atoms with Crippen LogP contribution in [0.5, 0.6) is 0 Å². The molecule has 0 aliphatic heterocycles. The van der Waals surface area contributed by atoms with Crippen LogP contribution < -0.4 is 5.32 Å². The Morgan fingerprint density at radius 2 is 2.03 bits per heavy atom. The van der Waals surface area contributed by atoms with Crippen molar-refractivity contribution < 1.29 is 23.8 Å². The molecule has 6 atom stereocenters. The first-order valence-corrected chi connectivity index (χ1v) is 13.3. The molecule has 5 rings (SSSR count). The minimum Gasteiger partial charge on any atom is -0.388 e. The molecule has 2 saturated carbocycles. The van der Waals surface area contributed by atoms with E-state index in [1.807, 2.05) is 7.05 Å². The van der Waals surface area contributed by atoms with Crippen molar-refractivity contribution in [2.45, 2.75) is 57.5 Å². The van der Waals surface area contributed by atoms with Crippen LogP contribution in [0.25, 0.3) is 0 Å². The Morgan fingerprint density at radius 3 is 2.70 bits per heavy atom. The largest absolute Gasteiger partial charge is 0.388 e. The van der Waals surface area contributed by atoms with E-state index in [1.54, 1.807) is 0 Å². The van der Waals surface area contributed by atoms with E-state index in [9.17, 15) is 14.7 Å². The maximum atomic E-state index is 15.7. The van der Waals surface area contributed by atoms with Gasteiger partial charge in [-0.2, -0.15) is 0 Å². The fourth-order valence-electron chi connectivity index (χ4n) is 8.02. The SMILES string of the molecule is CNc1ccc([C@H]2C[C@@]3(C)[C@@H](CC[C@@]3(C#CCO)C(=O)COC)[C@@H]3CC(F)C4=CC(=O)CCC4=C32)cc1. The third kappa shape index (κ3) is 3.99. The first kappa shape index (κ1) is 25.9. The predicted octanol–water partition coefficient (Wildman–Crippen LogP) is 4.77. The smallest absolute Gasteiger partial charge is 0.176 e. The summed E-state index contributed by atoms with van der Waals surface area (Å²) in [5.74, 6) is 6.02. The van der Waals surface area contributed by atoms with Crippen molar-refractivity contribution >= 4 is 17.3 Å². The summed E-state index contributed by atoms with van der Waals surface area (Å²) in [5, 5.41) is 12.7. The Morgan fingerprint density at radius 1 is 1.27 bits per heavy atom. The van der Waals surface area contributed by atoms with Crippen molar-refractivity contribution in [1.29, 1.82) is 0 Å². The lowest BCUT2D eigenvalue weighted by Crippen LogP contribution is -2.52. The van der Waals surface area contributed by atoms with E-state index in [0.29, 0.717) is 37.7 Å². The van der Waals surface area contributed by atoms with Crippen LogP contribution in [0.4, 0.5) is 10.1 Å². The molecule has 37 heavy (non-hydrogen) atoms. The molecule has 0 spiro atoms. The maximum absolute atomic E-state index is 15.7. The summed E-state index contributed by atoms with van der Waals surface area (Å²) in [6.07, 6.45) is 3.70. The predicted molar refractivity (Wildman–Crippen MR) is 141 cm³/mol. The second-order valence-corrected chi connectivity index (χ2v) is 11.2. The molecule has 2 N–H and O–H groups in total. The zero-order valence-corrected chi connectivity index (χ0v) is 21.9. The number of hydrogen-bond acceptors (Lipinski definition) is 5. The number of benzene rings is 1. The molecule has 1 aromatic carbocycles. The Bertz CT molecular complexity index is 1220. The summed E-state index contributed by atoms with van der Waals surface area (Å²) in [4.78, 5) is 25.9. The second kappa shape index (κ2) is 9.85. The van der Waals surface area contributed by atoms with Crippen LogP contribution in [0.2, 0.25) is 0 Å². The van der Waals surface area contributed by atoms with Gasteiger partial charge < -0.3 is 15.2 Å². The molecule has 0 radical (unpaired) electrons. The van der Waals surface area contributed by atoms with E-state index in [4.69, 9.17) is 4.74 Å². The van der Waals surface area contributed by atoms with Crippen LogP contribution in [-0.4, -0.2) is 50.2 Å². The number of carbonyl (C=O) groups excluding carboxylic acids is 2. The van der Waals surface area contributed by atoms with Gasteiger partial charge in [-0.05, 0) is 84.3 Å². The lowest BCUT2D eigenvalue weighted by atomic mass is 9.48. The van der Waals surface area contributed by atoms with Gasteiger partial charge >= 0.3 is 0 Å². The number of hydrogen-bond donors (Lipinski definition) is 2. The van der Waals surface area contributed by atoms with Crippen molar-refractivity contribution in [2.24, 2.45) is 22.7 Å². The number of methoxy groups -OCH3 is 1. The number of allylic oxidation sites excluding steroid dienone is 4. The zero-order chi connectivity index (χ0) is 26.4. The Kier molecular flexibility index (Phi) is 6.89. The fraction of sp³-hybridized carbons (Fsp3) is 0.548. The Balaban J connectivity index is 1.71. The average molecular weight is 506 g/mol. The van der Waals surface area contributed by atoms with Gasteiger partial charge in [-0.3, -0.25) is 9.59 Å². The molecular weight excluding hydrogens is 469 g/mol. The fourth-order valence-corrected chi connectivity index (χ4v) is 8.02. The van der Waals surface area contributed by atoms with Crippen LogP contribution in [0.3, 0.4) is 0 Å². The summed E-state index contributed by atoms with van der Waals surface area (Å²) in [6, 6.07) is 8.35. The number of aliphatic hydroxyl groups is 1. The van der Waals surface area contributed by atoms with Crippen LogP contribution in [0.15, 0.2) is 47.1 Å². The number of Topliss-reactive ketones (excluding diaryl/α,β-unsaturated/α-hetero) is 1. The number of halogens is 1. The summed E-state index contributed by atoms with van der Waals surface area (Å²) in [7, 11) is 3.40. The van der Waals surface area contributed by atoms with Gasteiger partial charge in [-0.15, -0.1) is 0 Å². The molecule has 0 heterocycles. The number of carbonyl (C=O) groups is 2. The first-order valence-electron chi connectivity index (χ1n) is 13.3. The molecule has 1 aromatic rings. The van der Waals surface area contributed by atoms with Gasteiger partial charge in [-0.25, -0.2) is 4.39 Å². The average Bonchev–Trinajstić information content (AvgIpc) is 3.20. The zero-order valence-electron chi connectivity index (χ0n) is 21.9. The normalized spacial score (nSPS) is 34.5. The van der Waals surface area contributed by atoms with E-state index >= 15 is 4.39 Å². The number of nitrogens with one attached hydrogen (secondary N) is 1. The highest BCUT2D eigenvalue weighted by molar-refractivity contribution is 5.93. The number of aliphatic hydroxyl groups excluding tert-OH is 1. The van der Waals surface area contributed by atoms with Gasteiger partial charge in [0.15, 0.2) is 11.6 Å². The quantitative estimate of drug-likeness (QED) is 0.564. The number of alkyl halides is 1. The molecule has 0 aromatic heterocycles. The van der Waals surface area contributed by atoms with Crippen molar-refractivity contribution in [1.82, 2.24) is 0 Å². The number of ketones is 2. The maximum Gasteiger partial charge on any atom is 0.176 e. The first-order chi connectivity index (χ1) is 17.8. The van der Waals surface area contributed by atoms with Gasteiger partial charge in [0.2, 0.25) is 0 Å². The van der Waals surface area contributed by atoms with E-state index in [2.05, 4.69) is 48.3 Å². The highest BCUT2D eigenvalue weighted by atomic mass is 19.1. The van der Waals surface area contributed by atoms with Crippen molar-refractivity contribution in [3.63, 3.8) is 0 Å². The molecule has 4 aliphatic rings. The van der Waals surface area contributed by atoms with Crippen LogP contribution in [0, 0.1) is 34.5 Å². The molecule has 0 amide bonds. The standard InChI is InChI=1S/C31H36FNO4/c1-30-17-25(19-5-7-20(33-2)8-6-19)29-22-10-9-21(35)15-23(22)27(32)16-24(29)26(30)11-13-31(30,12-4-14-34)28(36)18-37-3/h5-8,15,24-27,33-34H,9-11,13-14,16-18H2,1-3H3/t24-,25+,26-,27?,30-,31-/m0/s1. The summed E-state index contributed by atoms with van der Waals surface area (Å²) in [5.41, 5.74) is 3.52. The summed E-state index contributed by atoms with van der Waals surface area (Å²) in [6.45, 7) is 1.80. The van der Waals surface area contributed by atoms with E-state index in [1.165, 1.54) is 18.8 Å². The van der Waals surface area contributed by atoms with Crippen LogP contribution in [0.1, 0.15) is 56.9 Å². The summed E-state index contributed by atoms with van der Waals surface area (Å²) >= 11 is 0. The highest BCUT2D eigenvalue weighted by Gasteiger charge is 2.66. The molecule has 5 nitrogen and oxygen atoms in total. The molecule has 6 heteroatoms. The highest BCUT2D eigenvalue weighted by Crippen LogP contribution is 2.69. The number of fused-ring (bicyclic) bond motifs is 4. The molecule has 0 saturated heterocycles. The van der Waals surface area contributed by atoms with E-state index in [-0.39, 0.29) is 42.5 Å². The van der Waals surface area contributed by atoms with Gasteiger partial charge in [0.25, 0.3) is 0 Å². The third-order valence-corrected chi connectivity index (χ3v) is 9.68. The van der Waals surface area contributed by atoms with Gasteiger partial charge in [0.1, 0.15) is 19.4 Å².